The number of rotatable bonds is 35. The number of aliphatic hydroxyl groups is 6. The van der Waals surface area contributed by atoms with E-state index in [2.05, 4.69) is 32.9 Å². The standard InChI is InChI=1S/C47H86O13/c1-4-5-6-7-8-9-10-11-12-13-16-19-22-25-28-31-38(48)56-33-36-40(50)42(52)44(54)46(58-36)60-47-45(55)43(53)41(51)37(59-47)34-57-39(49)32-29-26-23-20-17-14-15-18-21-24-27-30-35(2)3/h11-12,35-37,40-47,50-55H,4-10,13-34H2,1-3H3/b12-11-/t36?,37?,40-,41-,42?,43?,44?,45?,46-,47-/m1/s1. The van der Waals surface area contributed by atoms with Crippen molar-refractivity contribution in [1.82, 2.24) is 0 Å². The highest BCUT2D eigenvalue weighted by Crippen LogP contribution is 2.29. The molecule has 0 saturated carbocycles. The predicted molar refractivity (Wildman–Crippen MR) is 231 cm³/mol. The Morgan fingerprint density at radius 2 is 0.833 bits per heavy atom. The molecule has 2 heterocycles. The number of allylic oxidation sites excluding steroid dienone is 2. The minimum atomic E-state index is -1.80. The number of carbonyl (C=O) groups excluding carboxylic acids is 2. The van der Waals surface area contributed by atoms with E-state index in [9.17, 15) is 40.2 Å². The summed E-state index contributed by atoms with van der Waals surface area (Å²) in [4.78, 5) is 24.9. The molecule has 6 unspecified atom stereocenters. The average molecular weight is 859 g/mol. The van der Waals surface area contributed by atoms with Crippen molar-refractivity contribution >= 4 is 11.9 Å². The van der Waals surface area contributed by atoms with Crippen molar-refractivity contribution in [2.75, 3.05) is 13.2 Å². The molecule has 10 atom stereocenters. The van der Waals surface area contributed by atoms with Gasteiger partial charge in [0, 0.05) is 12.8 Å². The first-order chi connectivity index (χ1) is 29.0. The highest BCUT2D eigenvalue weighted by Gasteiger charge is 2.50. The predicted octanol–water partition coefficient (Wildman–Crippen LogP) is 7.47. The monoisotopic (exact) mass is 859 g/mol. The van der Waals surface area contributed by atoms with Crippen LogP contribution in [0.5, 0.6) is 0 Å². The molecule has 0 bridgehead atoms. The van der Waals surface area contributed by atoms with E-state index in [1.54, 1.807) is 0 Å². The summed E-state index contributed by atoms with van der Waals surface area (Å²) in [6.45, 7) is 5.92. The van der Waals surface area contributed by atoms with Gasteiger partial charge in [-0.05, 0) is 44.4 Å². The fourth-order valence-electron chi connectivity index (χ4n) is 7.71. The average Bonchev–Trinajstić information content (AvgIpc) is 3.23. The van der Waals surface area contributed by atoms with E-state index in [4.69, 9.17) is 23.7 Å². The minimum Gasteiger partial charge on any atom is -0.463 e. The van der Waals surface area contributed by atoms with Crippen LogP contribution in [0.4, 0.5) is 0 Å². The third kappa shape index (κ3) is 23.7. The lowest BCUT2D eigenvalue weighted by atomic mass is 9.98. The summed E-state index contributed by atoms with van der Waals surface area (Å²) < 4.78 is 27.5. The van der Waals surface area contributed by atoms with Gasteiger partial charge in [-0.25, -0.2) is 0 Å². The quantitative estimate of drug-likeness (QED) is 0.0209. The Balaban J connectivity index is 1.63. The van der Waals surface area contributed by atoms with Gasteiger partial charge in [-0.2, -0.15) is 0 Å². The van der Waals surface area contributed by atoms with Crippen LogP contribution >= 0.6 is 0 Å². The molecule has 0 aromatic rings. The minimum absolute atomic E-state index is 0.180. The van der Waals surface area contributed by atoms with Gasteiger partial charge in [-0.15, -0.1) is 0 Å². The maximum atomic E-state index is 12.4. The second-order valence-electron chi connectivity index (χ2n) is 17.7. The first-order valence-corrected chi connectivity index (χ1v) is 24.0. The molecule has 0 aromatic carbocycles. The van der Waals surface area contributed by atoms with Gasteiger partial charge in [0.05, 0.1) is 0 Å². The molecule has 2 rings (SSSR count). The molecule has 0 aliphatic carbocycles. The maximum absolute atomic E-state index is 12.4. The summed E-state index contributed by atoms with van der Waals surface area (Å²) in [6.07, 6.45) is 17.5. The van der Waals surface area contributed by atoms with Crippen LogP contribution in [0.15, 0.2) is 12.2 Å². The first-order valence-electron chi connectivity index (χ1n) is 24.0. The number of aliphatic hydroxyl groups excluding tert-OH is 6. The summed E-state index contributed by atoms with van der Waals surface area (Å²) in [5.74, 6) is -0.194. The van der Waals surface area contributed by atoms with Gasteiger partial charge in [-0.1, -0.05) is 155 Å². The summed E-state index contributed by atoms with van der Waals surface area (Å²) in [7, 11) is 0. The largest absolute Gasteiger partial charge is 0.463 e. The van der Waals surface area contributed by atoms with Gasteiger partial charge in [0.15, 0.2) is 12.6 Å². The van der Waals surface area contributed by atoms with Crippen molar-refractivity contribution in [3.8, 4) is 0 Å². The van der Waals surface area contributed by atoms with Gasteiger partial charge in [-0.3, -0.25) is 9.59 Å². The Hall–Kier alpha value is -1.68. The van der Waals surface area contributed by atoms with Gasteiger partial charge in [0.25, 0.3) is 0 Å². The fraction of sp³-hybridized carbons (Fsp3) is 0.915. The Labute approximate surface area is 361 Å². The van der Waals surface area contributed by atoms with Crippen molar-refractivity contribution in [2.24, 2.45) is 5.92 Å². The van der Waals surface area contributed by atoms with E-state index in [-0.39, 0.29) is 12.8 Å². The zero-order chi connectivity index (χ0) is 44.0. The van der Waals surface area contributed by atoms with Crippen LogP contribution in [0.3, 0.4) is 0 Å². The van der Waals surface area contributed by atoms with Crippen LogP contribution in [-0.4, -0.2) is 117 Å². The van der Waals surface area contributed by atoms with E-state index < -0.39 is 86.6 Å². The lowest BCUT2D eigenvalue weighted by Crippen LogP contribution is -2.64. The zero-order valence-electron chi connectivity index (χ0n) is 37.6. The molecule has 0 amide bonds. The molecule has 13 nitrogen and oxygen atoms in total. The van der Waals surface area contributed by atoms with Crippen LogP contribution in [0.1, 0.15) is 194 Å². The fourth-order valence-corrected chi connectivity index (χ4v) is 7.71. The third-order valence-corrected chi connectivity index (χ3v) is 11.7. The van der Waals surface area contributed by atoms with Gasteiger partial charge < -0.3 is 54.3 Å². The summed E-state index contributed by atoms with van der Waals surface area (Å²) in [5.41, 5.74) is 0. The number of hydrogen-bond donors (Lipinski definition) is 6. The van der Waals surface area contributed by atoms with E-state index >= 15 is 0 Å². The molecule has 6 N–H and O–H groups in total. The molecular weight excluding hydrogens is 773 g/mol. The normalized spacial score (nSPS) is 27.2. The molecule has 60 heavy (non-hydrogen) atoms. The Bertz CT molecular complexity index is 1110. The Morgan fingerprint density at radius 3 is 1.22 bits per heavy atom. The number of unbranched alkanes of at least 4 members (excludes halogenated alkanes) is 21. The van der Waals surface area contributed by atoms with Crippen LogP contribution < -0.4 is 0 Å². The summed E-state index contributed by atoms with van der Waals surface area (Å²) in [6, 6.07) is 0. The van der Waals surface area contributed by atoms with Gasteiger partial charge >= 0.3 is 11.9 Å². The summed E-state index contributed by atoms with van der Waals surface area (Å²) in [5, 5.41) is 63.4. The molecule has 13 heteroatoms. The van der Waals surface area contributed by atoms with Crippen LogP contribution in [0.2, 0.25) is 0 Å². The maximum Gasteiger partial charge on any atom is 0.305 e. The lowest BCUT2D eigenvalue weighted by molar-refractivity contribution is -0.376. The van der Waals surface area contributed by atoms with E-state index in [1.807, 2.05) is 0 Å². The molecule has 2 saturated heterocycles. The van der Waals surface area contributed by atoms with Crippen molar-refractivity contribution in [3.63, 3.8) is 0 Å². The number of ether oxygens (including phenoxy) is 5. The SMILES string of the molecule is CCCCCCCC/C=C\CCCCCCCC(=O)OCC1O[C@H](O[C@H]2OC(COC(=O)CCCCCCCCCCCCCC(C)C)[C@@H](O)C(O)C2O)C(O)C(O)[C@@H]1O. The topological polar surface area (TPSA) is 202 Å². The van der Waals surface area contributed by atoms with Crippen molar-refractivity contribution in [3.05, 3.63) is 12.2 Å². The number of esters is 2. The second-order valence-corrected chi connectivity index (χ2v) is 17.7. The highest BCUT2D eigenvalue weighted by atomic mass is 16.8. The second kappa shape index (κ2) is 33.8. The molecule has 352 valence electrons. The van der Waals surface area contributed by atoms with Gasteiger partial charge in [0.2, 0.25) is 0 Å². The molecular formula is C47H86O13. The highest BCUT2D eigenvalue weighted by molar-refractivity contribution is 5.69. The first kappa shape index (κ1) is 54.5. The molecule has 2 fully saturated rings. The lowest BCUT2D eigenvalue weighted by Gasteiger charge is -2.44. The zero-order valence-corrected chi connectivity index (χ0v) is 37.6. The number of hydrogen-bond acceptors (Lipinski definition) is 13. The molecule has 0 radical (unpaired) electrons. The van der Waals surface area contributed by atoms with Crippen molar-refractivity contribution in [2.45, 2.75) is 256 Å². The molecule has 0 spiro atoms. The molecule has 2 aliphatic heterocycles. The van der Waals surface area contributed by atoms with E-state index in [0.717, 1.165) is 63.7 Å². The van der Waals surface area contributed by atoms with Crippen LogP contribution in [-0.2, 0) is 33.3 Å². The Kier molecular flexibility index (Phi) is 30.7. The Morgan fingerprint density at radius 1 is 0.483 bits per heavy atom. The molecule has 0 aromatic heterocycles. The van der Waals surface area contributed by atoms with Crippen LogP contribution in [0, 0.1) is 5.92 Å². The van der Waals surface area contributed by atoms with Gasteiger partial charge in [0.1, 0.15) is 62.0 Å². The van der Waals surface area contributed by atoms with Crippen molar-refractivity contribution in [1.29, 1.82) is 0 Å². The van der Waals surface area contributed by atoms with Crippen LogP contribution in [0.25, 0.3) is 0 Å². The summed E-state index contributed by atoms with van der Waals surface area (Å²) >= 11 is 0. The number of carbonyl (C=O) groups is 2. The molecule has 2 aliphatic rings. The smallest absolute Gasteiger partial charge is 0.305 e. The van der Waals surface area contributed by atoms with Crippen molar-refractivity contribution < 1.29 is 63.9 Å². The van der Waals surface area contributed by atoms with E-state index in [0.29, 0.717) is 12.8 Å². The van der Waals surface area contributed by atoms with E-state index in [1.165, 1.54) is 89.9 Å². The third-order valence-electron chi connectivity index (χ3n) is 11.7.